The molecular weight excluding hydrogens is 96.0 g/mol. The number of rotatable bonds is 2. The zero-order valence-electron chi connectivity index (χ0n) is 4.09. The number of aliphatic hydroxyl groups is 2. The number of Topliss-reactive ketones (excluding diaryl/α,β-unsaturated/α-hetero) is 1. The minimum absolute atomic E-state index is 0.400. The summed E-state index contributed by atoms with van der Waals surface area (Å²) in [5.74, 6) is -0.400. The Balaban J connectivity index is 3.34. The van der Waals surface area contributed by atoms with Gasteiger partial charge in [0.2, 0.25) is 0 Å². The number of aliphatic hydroxyl groups excluding tert-OH is 2. The van der Waals surface area contributed by atoms with E-state index in [-0.39, 0.29) is 0 Å². The summed E-state index contributed by atoms with van der Waals surface area (Å²) in [5, 5.41) is 16.4. The molecule has 0 aliphatic carbocycles. The van der Waals surface area contributed by atoms with Crippen molar-refractivity contribution in [2.45, 2.75) is 13.0 Å². The predicted molar refractivity (Wildman–Crippen MR) is 23.8 cm³/mol. The van der Waals surface area contributed by atoms with Crippen LogP contribution in [0, 0.1) is 0 Å². The van der Waals surface area contributed by atoms with Gasteiger partial charge in [0.25, 0.3) is 0 Å². The van der Waals surface area contributed by atoms with Gasteiger partial charge >= 0.3 is 0 Å². The van der Waals surface area contributed by atoms with Gasteiger partial charge in [-0.25, -0.2) is 0 Å². The second kappa shape index (κ2) is 2.71. The van der Waals surface area contributed by atoms with Gasteiger partial charge in [0.1, 0.15) is 6.10 Å². The number of hydrogen-bond donors (Lipinski definition) is 2. The fraction of sp³-hybridized carbons (Fsp3) is 0.750. The van der Waals surface area contributed by atoms with Crippen molar-refractivity contribution in [3.05, 3.63) is 0 Å². The zero-order valence-corrected chi connectivity index (χ0v) is 4.09. The van der Waals surface area contributed by atoms with Crippen molar-refractivity contribution >= 4 is 5.78 Å². The van der Waals surface area contributed by atoms with Gasteiger partial charge in [0.15, 0.2) is 5.78 Å². The first-order valence-electron chi connectivity index (χ1n) is 1.98. The van der Waals surface area contributed by atoms with Crippen LogP contribution in [0.3, 0.4) is 0 Å². The fourth-order valence-corrected chi connectivity index (χ4v) is 0.129. The van der Waals surface area contributed by atoms with Crippen LogP contribution in [0.2, 0.25) is 0 Å². The van der Waals surface area contributed by atoms with E-state index in [9.17, 15) is 4.79 Å². The molecule has 0 aromatic rings. The second-order valence-corrected chi connectivity index (χ2v) is 1.31. The van der Waals surface area contributed by atoms with E-state index < -0.39 is 18.5 Å². The van der Waals surface area contributed by atoms with Crippen molar-refractivity contribution in [3.8, 4) is 0 Å². The highest BCUT2D eigenvalue weighted by molar-refractivity contribution is 5.80. The number of carbonyl (C=O) groups excluding carboxylic acids is 1. The lowest BCUT2D eigenvalue weighted by molar-refractivity contribution is -0.126. The normalized spacial score (nSPS) is 13.6. The first kappa shape index (κ1) is 6.59. The summed E-state index contributed by atoms with van der Waals surface area (Å²) in [7, 11) is 0. The molecule has 0 fully saturated rings. The molecule has 42 valence electrons. The molecule has 0 rings (SSSR count). The SMILES string of the molecule is CC(=O)[C@@H](O)CO. The molecule has 0 unspecified atom stereocenters. The molecule has 3 nitrogen and oxygen atoms in total. The van der Waals surface area contributed by atoms with Crippen LogP contribution in [0.25, 0.3) is 0 Å². The predicted octanol–water partition coefficient (Wildman–Crippen LogP) is -1.07. The molecule has 0 radical (unpaired) electrons. The third-order valence-corrected chi connectivity index (χ3v) is 0.642. The van der Waals surface area contributed by atoms with Gasteiger partial charge in [0.05, 0.1) is 6.61 Å². The van der Waals surface area contributed by atoms with Crippen LogP contribution in [-0.2, 0) is 4.79 Å². The number of hydrogen-bond acceptors (Lipinski definition) is 3. The van der Waals surface area contributed by atoms with E-state index in [1.54, 1.807) is 0 Å². The Morgan fingerprint density at radius 3 is 2.29 bits per heavy atom. The van der Waals surface area contributed by atoms with Crippen molar-refractivity contribution in [1.29, 1.82) is 0 Å². The van der Waals surface area contributed by atoms with Crippen molar-refractivity contribution in [2.75, 3.05) is 6.61 Å². The van der Waals surface area contributed by atoms with Gasteiger partial charge in [-0.3, -0.25) is 4.79 Å². The van der Waals surface area contributed by atoms with E-state index in [0.717, 1.165) is 0 Å². The molecule has 0 saturated carbocycles. The number of ketones is 1. The molecule has 2 N–H and O–H groups in total. The second-order valence-electron chi connectivity index (χ2n) is 1.31. The highest BCUT2D eigenvalue weighted by Crippen LogP contribution is 1.79. The molecule has 0 saturated heterocycles. The van der Waals surface area contributed by atoms with Gasteiger partial charge < -0.3 is 10.2 Å². The van der Waals surface area contributed by atoms with E-state index in [1.807, 2.05) is 0 Å². The molecule has 0 aliphatic heterocycles. The molecule has 1 atom stereocenters. The molecule has 7 heavy (non-hydrogen) atoms. The smallest absolute Gasteiger partial charge is 0.160 e. The maximum Gasteiger partial charge on any atom is 0.160 e. The Hall–Kier alpha value is -0.410. The van der Waals surface area contributed by atoms with E-state index in [4.69, 9.17) is 10.2 Å². The number of carbonyl (C=O) groups is 1. The van der Waals surface area contributed by atoms with E-state index >= 15 is 0 Å². The van der Waals surface area contributed by atoms with Crippen LogP contribution in [0.1, 0.15) is 6.92 Å². The van der Waals surface area contributed by atoms with E-state index in [2.05, 4.69) is 0 Å². The highest BCUT2D eigenvalue weighted by atomic mass is 16.3. The Labute approximate surface area is 41.6 Å². The zero-order chi connectivity index (χ0) is 5.86. The lowest BCUT2D eigenvalue weighted by atomic mass is 10.3. The maximum atomic E-state index is 9.96. The Kier molecular flexibility index (Phi) is 2.55. The molecule has 0 heterocycles. The summed E-state index contributed by atoms with van der Waals surface area (Å²) in [6.45, 7) is 0.746. The lowest BCUT2D eigenvalue weighted by Crippen LogP contribution is -2.20. The average molecular weight is 104 g/mol. The minimum Gasteiger partial charge on any atom is -0.393 e. The van der Waals surface area contributed by atoms with Crippen LogP contribution in [0.15, 0.2) is 0 Å². The average Bonchev–Trinajstić information content (AvgIpc) is 1.65. The molecule has 0 aromatic heterocycles. The topological polar surface area (TPSA) is 57.5 Å². The largest absolute Gasteiger partial charge is 0.393 e. The molecule has 0 amide bonds. The first-order valence-corrected chi connectivity index (χ1v) is 1.98. The van der Waals surface area contributed by atoms with Crippen LogP contribution >= 0.6 is 0 Å². The highest BCUT2D eigenvalue weighted by Gasteiger charge is 2.04. The van der Waals surface area contributed by atoms with Crippen molar-refractivity contribution < 1.29 is 15.0 Å². The quantitative estimate of drug-likeness (QED) is 0.469. The first-order chi connectivity index (χ1) is 3.18. The van der Waals surface area contributed by atoms with Crippen LogP contribution in [-0.4, -0.2) is 28.7 Å². The third-order valence-electron chi connectivity index (χ3n) is 0.642. The summed E-state index contributed by atoms with van der Waals surface area (Å²) in [6.07, 6.45) is -1.18. The Morgan fingerprint density at radius 1 is 1.86 bits per heavy atom. The molecule has 3 heteroatoms. The molecule has 0 aliphatic rings. The van der Waals surface area contributed by atoms with Gasteiger partial charge in [-0.1, -0.05) is 0 Å². The van der Waals surface area contributed by atoms with Crippen LogP contribution in [0.4, 0.5) is 0 Å². The summed E-state index contributed by atoms with van der Waals surface area (Å²) < 4.78 is 0. The van der Waals surface area contributed by atoms with Crippen molar-refractivity contribution in [2.24, 2.45) is 0 Å². The third kappa shape index (κ3) is 2.31. The minimum atomic E-state index is -1.18. The molecular formula is C4H8O3. The Bertz CT molecular complexity index is 69.3. The van der Waals surface area contributed by atoms with Crippen molar-refractivity contribution in [3.63, 3.8) is 0 Å². The van der Waals surface area contributed by atoms with Crippen LogP contribution in [0.5, 0.6) is 0 Å². The van der Waals surface area contributed by atoms with Gasteiger partial charge in [-0.15, -0.1) is 0 Å². The van der Waals surface area contributed by atoms with Gasteiger partial charge in [-0.05, 0) is 6.92 Å². The van der Waals surface area contributed by atoms with Crippen molar-refractivity contribution in [1.82, 2.24) is 0 Å². The van der Waals surface area contributed by atoms with E-state index in [1.165, 1.54) is 6.92 Å². The molecule has 0 spiro atoms. The maximum absolute atomic E-state index is 9.96. The van der Waals surface area contributed by atoms with Gasteiger partial charge in [-0.2, -0.15) is 0 Å². The monoisotopic (exact) mass is 104 g/mol. The van der Waals surface area contributed by atoms with Crippen LogP contribution < -0.4 is 0 Å². The lowest BCUT2D eigenvalue weighted by Gasteiger charge is -1.97. The molecule has 0 aromatic carbocycles. The summed E-state index contributed by atoms with van der Waals surface area (Å²) in [6, 6.07) is 0. The molecule has 0 bridgehead atoms. The summed E-state index contributed by atoms with van der Waals surface area (Å²) >= 11 is 0. The summed E-state index contributed by atoms with van der Waals surface area (Å²) in [4.78, 5) is 9.96. The van der Waals surface area contributed by atoms with E-state index in [0.29, 0.717) is 0 Å². The van der Waals surface area contributed by atoms with Gasteiger partial charge in [0, 0.05) is 0 Å². The Morgan fingerprint density at radius 2 is 2.29 bits per heavy atom. The standard InChI is InChI=1S/C4H8O3/c1-3(6)4(7)2-5/h4-5,7H,2H2,1H3/t4-/m0/s1. The fourth-order valence-electron chi connectivity index (χ4n) is 0.129. The summed E-state index contributed by atoms with van der Waals surface area (Å²) in [5.41, 5.74) is 0.